The number of carboxylic acid groups (broad SMARTS) is 1. The highest BCUT2D eigenvalue weighted by molar-refractivity contribution is 5.91. The molecule has 6 nitrogen and oxygen atoms in total. The topological polar surface area (TPSA) is 99.8 Å². The first kappa shape index (κ1) is 11.3. The third-order valence-corrected chi connectivity index (χ3v) is 2.02. The van der Waals surface area contributed by atoms with Gasteiger partial charge in [-0.1, -0.05) is 0 Å². The molecule has 0 aliphatic heterocycles. The van der Waals surface area contributed by atoms with Gasteiger partial charge in [0, 0.05) is 6.07 Å². The Kier molecular flexibility index (Phi) is 3.11. The molecule has 0 spiro atoms. The number of aliphatic hydroxyl groups is 1. The van der Waals surface area contributed by atoms with Crippen molar-refractivity contribution in [2.24, 2.45) is 0 Å². The molecule has 1 aromatic heterocycles. The number of aromatic carboxylic acids is 1. The van der Waals surface area contributed by atoms with E-state index in [9.17, 15) is 14.7 Å². The third-order valence-electron chi connectivity index (χ3n) is 2.02. The molecule has 0 fully saturated rings. The van der Waals surface area contributed by atoms with E-state index in [0.717, 1.165) is 10.6 Å². The lowest BCUT2D eigenvalue weighted by molar-refractivity contribution is 0.0690. The van der Waals surface area contributed by atoms with Crippen molar-refractivity contribution in [3.63, 3.8) is 0 Å². The Morgan fingerprint density at radius 1 is 1.53 bits per heavy atom. The lowest BCUT2D eigenvalue weighted by Crippen LogP contribution is -2.23. The second-order valence-electron chi connectivity index (χ2n) is 3.04. The Morgan fingerprint density at radius 3 is 2.60 bits per heavy atom. The monoisotopic (exact) mass is 213 g/mol. The number of aromatic hydroxyl groups is 1. The van der Waals surface area contributed by atoms with Gasteiger partial charge in [-0.3, -0.25) is 9.36 Å². The van der Waals surface area contributed by atoms with Crippen LogP contribution in [-0.4, -0.2) is 32.5 Å². The van der Waals surface area contributed by atoms with Crippen LogP contribution < -0.4 is 5.56 Å². The van der Waals surface area contributed by atoms with Gasteiger partial charge in [0.2, 0.25) is 5.88 Å². The minimum Gasteiger partial charge on any atom is -0.494 e. The normalized spacial score (nSPS) is 10.3. The van der Waals surface area contributed by atoms with Gasteiger partial charge in [-0.25, -0.2) is 4.79 Å². The van der Waals surface area contributed by atoms with E-state index < -0.39 is 17.4 Å². The van der Waals surface area contributed by atoms with Gasteiger partial charge in [-0.2, -0.15) is 0 Å². The van der Waals surface area contributed by atoms with Crippen molar-refractivity contribution in [1.82, 2.24) is 4.57 Å². The number of hydrogen-bond acceptors (Lipinski definition) is 4. The van der Waals surface area contributed by atoms with Gasteiger partial charge in [-0.05, 0) is 12.5 Å². The molecular formula is C9H11NO5. The predicted octanol–water partition coefficient (Wildman–Crippen LogP) is -0.447. The summed E-state index contributed by atoms with van der Waals surface area (Å²) in [4.78, 5) is 22.1. The lowest BCUT2D eigenvalue weighted by Gasteiger charge is -2.10. The van der Waals surface area contributed by atoms with Crippen LogP contribution in [0.1, 0.15) is 15.9 Å². The number of carboxylic acids is 1. The largest absolute Gasteiger partial charge is 0.494 e. The van der Waals surface area contributed by atoms with Gasteiger partial charge < -0.3 is 15.3 Å². The SMILES string of the molecule is Cc1cc(=O)n(CCO)c(O)c1C(=O)O. The van der Waals surface area contributed by atoms with Crippen LogP contribution in [0.15, 0.2) is 10.9 Å². The zero-order valence-electron chi connectivity index (χ0n) is 8.10. The van der Waals surface area contributed by atoms with Crippen LogP contribution in [0.25, 0.3) is 0 Å². The molecular weight excluding hydrogens is 202 g/mol. The first-order chi connectivity index (χ1) is 6.99. The van der Waals surface area contributed by atoms with Crippen molar-refractivity contribution < 1.29 is 20.1 Å². The van der Waals surface area contributed by atoms with Crippen molar-refractivity contribution in [3.8, 4) is 5.88 Å². The van der Waals surface area contributed by atoms with E-state index >= 15 is 0 Å². The maximum atomic E-state index is 11.3. The molecule has 0 saturated carbocycles. The molecule has 1 aromatic rings. The minimum absolute atomic E-state index is 0.134. The summed E-state index contributed by atoms with van der Waals surface area (Å²) in [6, 6.07) is 1.11. The Labute approximate surface area is 85.0 Å². The van der Waals surface area contributed by atoms with E-state index in [4.69, 9.17) is 10.2 Å². The molecule has 3 N–H and O–H groups in total. The summed E-state index contributed by atoms with van der Waals surface area (Å²) >= 11 is 0. The smallest absolute Gasteiger partial charge is 0.341 e. The molecule has 0 aromatic carbocycles. The van der Waals surface area contributed by atoms with Crippen molar-refractivity contribution >= 4 is 5.97 Å². The van der Waals surface area contributed by atoms with Crippen LogP contribution in [-0.2, 0) is 6.54 Å². The molecule has 0 unspecified atom stereocenters. The van der Waals surface area contributed by atoms with Gasteiger partial charge in [0.25, 0.3) is 5.56 Å². The Hall–Kier alpha value is -1.82. The highest BCUT2D eigenvalue weighted by Gasteiger charge is 2.17. The Bertz CT molecular complexity index is 449. The van der Waals surface area contributed by atoms with E-state index in [0.29, 0.717) is 0 Å². The summed E-state index contributed by atoms with van der Waals surface area (Å²) in [5, 5.41) is 27.0. The molecule has 15 heavy (non-hydrogen) atoms. The maximum Gasteiger partial charge on any atom is 0.341 e. The van der Waals surface area contributed by atoms with E-state index in [2.05, 4.69) is 0 Å². The van der Waals surface area contributed by atoms with Crippen molar-refractivity contribution in [2.45, 2.75) is 13.5 Å². The number of aliphatic hydroxyl groups excluding tert-OH is 1. The molecule has 0 aliphatic carbocycles. The fourth-order valence-electron chi connectivity index (χ4n) is 1.33. The Balaban J connectivity index is 3.49. The maximum absolute atomic E-state index is 11.3. The quantitative estimate of drug-likeness (QED) is 0.631. The van der Waals surface area contributed by atoms with Gasteiger partial charge >= 0.3 is 5.97 Å². The van der Waals surface area contributed by atoms with E-state index in [1.54, 1.807) is 0 Å². The molecule has 0 aliphatic rings. The van der Waals surface area contributed by atoms with Crippen molar-refractivity contribution in [3.05, 3.63) is 27.5 Å². The van der Waals surface area contributed by atoms with Crippen LogP contribution in [0, 0.1) is 6.92 Å². The fourth-order valence-corrected chi connectivity index (χ4v) is 1.33. The molecule has 0 bridgehead atoms. The minimum atomic E-state index is -1.31. The average Bonchev–Trinajstić information content (AvgIpc) is 2.11. The second-order valence-corrected chi connectivity index (χ2v) is 3.04. The number of nitrogens with zero attached hydrogens (tertiary/aromatic N) is 1. The molecule has 0 amide bonds. The summed E-state index contributed by atoms with van der Waals surface area (Å²) in [6.45, 7) is 0.939. The van der Waals surface area contributed by atoms with Crippen molar-refractivity contribution in [2.75, 3.05) is 6.61 Å². The number of hydrogen-bond donors (Lipinski definition) is 3. The predicted molar refractivity (Wildman–Crippen MR) is 51.1 cm³/mol. The van der Waals surface area contributed by atoms with E-state index in [-0.39, 0.29) is 24.3 Å². The van der Waals surface area contributed by atoms with Gasteiger partial charge in [0.15, 0.2) is 0 Å². The summed E-state index contributed by atoms with van der Waals surface area (Å²) in [5.41, 5.74) is -0.661. The highest BCUT2D eigenvalue weighted by Crippen LogP contribution is 2.18. The molecule has 0 saturated heterocycles. The summed E-state index contributed by atoms with van der Waals surface area (Å²) in [5.74, 6) is -1.93. The summed E-state index contributed by atoms with van der Waals surface area (Å²) in [6.07, 6.45) is 0. The van der Waals surface area contributed by atoms with Gasteiger partial charge in [-0.15, -0.1) is 0 Å². The van der Waals surface area contributed by atoms with E-state index in [1.165, 1.54) is 6.92 Å². The van der Waals surface area contributed by atoms with Crippen LogP contribution in [0.2, 0.25) is 0 Å². The zero-order valence-corrected chi connectivity index (χ0v) is 8.10. The molecule has 82 valence electrons. The number of aryl methyl sites for hydroxylation is 1. The second kappa shape index (κ2) is 4.14. The molecule has 0 atom stereocenters. The van der Waals surface area contributed by atoms with Crippen LogP contribution in [0.5, 0.6) is 5.88 Å². The average molecular weight is 213 g/mol. The number of carbonyl (C=O) groups is 1. The molecule has 1 heterocycles. The number of rotatable bonds is 3. The molecule has 0 radical (unpaired) electrons. The molecule has 6 heteroatoms. The van der Waals surface area contributed by atoms with Crippen molar-refractivity contribution in [1.29, 1.82) is 0 Å². The first-order valence-corrected chi connectivity index (χ1v) is 4.26. The summed E-state index contributed by atoms with van der Waals surface area (Å²) in [7, 11) is 0. The zero-order chi connectivity index (χ0) is 11.6. The molecule has 1 rings (SSSR count). The van der Waals surface area contributed by atoms with Crippen LogP contribution in [0.3, 0.4) is 0 Å². The lowest BCUT2D eigenvalue weighted by atomic mass is 10.1. The third kappa shape index (κ3) is 1.99. The Morgan fingerprint density at radius 2 is 2.13 bits per heavy atom. The fraction of sp³-hybridized carbons (Fsp3) is 0.333. The van der Waals surface area contributed by atoms with Crippen LogP contribution in [0.4, 0.5) is 0 Å². The van der Waals surface area contributed by atoms with Crippen LogP contribution >= 0.6 is 0 Å². The van der Waals surface area contributed by atoms with Gasteiger partial charge in [0.1, 0.15) is 5.56 Å². The number of pyridine rings is 1. The first-order valence-electron chi connectivity index (χ1n) is 4.26. The highest BCUT2D eigenvalue weighted by atomic mass is 16.4. The van der Waals surface area contributed by atoms with Gasteiger partial charge in [0.05, 0.1) is 13.2 Å². The summed E-state index contributed by atoms with van der Waals surface area (Å²) < 4.78 is 0.816. The standard InChI is InChI=1S/C9H11NO5/c1-5-4-6(12)10(2-3-11)8(13)7(5)9(14)15/h4,11,13H,2-3H2,1H3,(H,14,15). The number of aromatic nitrogens is 1. The van der Waals surface area contributed by atoms with E-state index in [1.807, 2.05) is 0 Å².